The Morgan fingerprint density at radius 2 is 1.19 bits per heavy atom. The molecule has 0 bridgehead atoms. The monoisotopic (exact) mass is 230 g/mol. The molecule has 0 aliphatic heterocycles. The van der Waals surface area contributed by atoms with Gasteiger partial charge in [0.05, 0.1) is 0 Å². The molecule has 0 N–H and O–H groups in total. The minimum Gasteiger partial charge on any atom is -0.293 e. The third kappa shape index (κ3) is 6.74. The molecule has 16 heavy (non-hydrogen) atoms. The van der Waals surface area contributed by atoms with Gasteiger partial charge in [-0.3, -0.25) is 9.78 Å². The molecule has 0 radical (unpaired) electrons. The van der Waals surface area contributed by atoms with Crippen molar-refractivity contribution >= 4 is 11.9 Å². The third-order valence-corrected chi connectivity index (χ3v) is 1.22. The predicted molar refractivity (Wildman–Crippen MR) is 53.7 cm³/mol. The van der Waals surface area contributed by atoms with E-state index < -0.39 is 11.9 Å². The molecule has 0 atom stereocenters. The molecular weight excluding hydrogens is 216 g/mol. The summed E-state index contributed by atoms with van der Waals surface area (Å²) in [5, 5.41) is 0. The van der Waals surface area contributed by atoms with Gasteiger partial charge in [0.2, 0.25) is 0 Å². The minimum absolute atomic E-state index is 0.0670. The molecule has 0 unspecified atom stereocenters. The summed E-state index contributed by atoms with van der Waals surface area (Å²) in [5.74, 6) is -1.34. The van der Waals surface area contributed by atoms with E-state index in [1.54, 1.807) is 0 Å². The van der Waals surface area contributed by atoms with E-state index in [0.717, 1.165) is 0 Å². The second kappa shape index (κ2) is 7.61. The lowest BCUT2D eigenvalue weighted by molar-refractivity contribution is -0.309. The number of carbonyl (C=O) groups is 2. The smallest absolute Gasteiger partial charge is 0.293 e. The summed E-state index contributed by atoms with van der Waals surface area (Å²) < 4.78 is 0. The van der Waals surface area contributed by atoms with Crippen LogP contribution in [0.1, 0.15) is 13.8 Å². The molecule has 0 aliphatic carbocycles. The van der Waals surface area contributed by atoms with E-state index in [9.17, 15) is 9.59 Å². The van der Waals surface area contributed by atoms with Crippen LogP contribution in [-0.2, 0) is 29.1 Å². The topological polar surface area (TPSA) is 71.1 Å². The highest BCUT2D eigenvalue weighted by Crippen LogP contribution is 1.94. The van der Waals surface area contributed by atoms with Gasteiger partial charge in [0.1, 0.15) is 13.2 Å². The molecule has 0 aromatic carbocycles. The Bertz CT molecular complexity index is 264. The zero-order valence-corrected chi connectivity index (χ0v) is 9.28. The fourth-order valence-corrected chi connectivity index (χ4v) is 0.401. The Morgan fingerprint density at radius 1 is 0.875 bits per heavy atom. The van der Waals surface area contributed by atoms with Crippen molar-refractivity contribution in [1.82, 2.24) is 0 Å². The number of hydrogen-bond acceptors (Lipinski definition) is 6. The molecule has 0 aromatic rings. The first-order valence-electron chi connectivity index (χ1n) is 4.43. The number of rotatable bonds is 7. The molecule has 0 aromatic heterocycles. The molecular formula is C10H14O6. The van der Waals surface area contributed by atoms with Gasteiger partial charge in [-0.25, -0.2) is 9.59 Å². The molecule has 0 amide bonds. The second-order valence-electron chi connectivity index (χ2n) is 2.95. The molecule has 90 valence electrons. The summed E-state index contributed by atoms with van der Waals surface area (Å²) in [7, 11) is 0. The predicted octanol–water partition coefficient (Wildman–Crippen LogP) is 1.09. The van der Waals surface area contributed by atoms with Gasteiger partial charge < -0.3 is 0 Å². The van der Waals surface area contributed by atoms with Gasteiger partial charge in [0, 0.05) is 11.1 Å². The summed E-state index contributed by atoms with van der Waals surface area (Å²) in [5.41, 5.74) is 0.434. The van der Waals surface area contributed by atoms with Crippen molar-refractivity contribution in [2.45, 2.75) is 13.8 Å². The molecule has 0 heterocycles. The van der Waals surface area contributed by atoms with Gasteiger partial charge >= 0.3 is 11.9 Å². The first-order valence-corrected chi connectivity index (χ1v) is 4.43. The lowest BCUT2D eigenvalue weighted by Crippen LogP contribution is -2.12. The van der Waals surface area contributed by atoms with Crippen LogP contribution in [0, 0.1) is 0 Å². The fraction of sp³-hybridized carbons (Fsp3) is 0.400. The third-order valence-electron chi connectivity index (χ3n) is 1.22. The molecule has 0 saturated heterocycles. The number of hydrogen-bond donors (Lipinski definition) is 0. The largest absolute Gasteiger partial charge is 0.368 e. The van der Waals surface area contributed by atoms with Gasteiger partial charge in [0.15, 0.2) is 0 Å². The summed E-state index contributed by atoms with van der Waals surface area (Å²) in [6.07, 6.45) is 0. The van der Waals surface area contributed by atoms with Crippen LogP contribution in [-0.4, -0.2) is 25.2 Å². The van der Waals surface area contributed by atoms with Crippen LogP contribution in [0.25, 0.3) is 0 Å². The van der Waals surface area contributed by atoms with Gasteiger partial charge in [-0.15, -0.1) is 0 Å². The molecule has 6 heteroatoms. The first-order chi connectivity index (χ1) is 7.45. The molecule has 0 rings (SSSR count). The van der Waals surface area contributed by atoms with Crippen LogP contribution >= 0.6 is 0 Å². The van der Waals surface area contributed by atoms with Crippen molar-refractivity contribution in [3.8, 4) is 0 Å². The van der Waals surface area contributed by atoms with E-state index in [1.807, 2.05) is 0 Å². The van der Waals surface area contributed by atoms with E-state index in [-0.39, 0.29) is 24.4 Å². The standard InChI is InChI=1S/C10H14O6/c1-7(2)9(11)15-13-5-6-14-16-10(12)8(3)4/h1,3,5-6H2,2,4H3. The Balaban J connectivity index is 3.41. The van der Waals surface area contributed by atoms with Crippen LogP contribution < -0.4 is 0 Å². The van der Waals surface area contributed by atoms with Crippen LogP contribution in [0.3, 0.4) is 0 Å². The maximum atomic E-state index is 10.8. The van der Waals surface area contributed by atoms with E-state index in [2.05, 4.69) is 32.7 Å². The number of carbonyl (C=O) groups excluding carboxylic acids is 2. The Labute approximate surface area is 93.3 Å². The quantitative estimate of drug-likeness (QED) is 0.282. The SMILES string of the molecule is C=C(C)C(=O)OOCCOOC(=O)C(=C)C. The van der Waals surface area contributed by atoms with Gasteiger partial charge in [-0.2, -0.15) is 9.78 Å². The minimum atomic E-state index is -0.668. The second-order valence-corrected chi connectivity index (χ2v) is 2.95. The lowest BCUT2D eigenvalue weighted by Gasteiger charge is -2.04. The van der Waals surface area contributed by atoms with Crippen LogP contribution in [0.5, 0.6) is 0 Å². The fourth-order valence-electron chi connectivity index (χ4n) is 0.401. The van der Waals surface area contributed by atoms with E-state index in [1.165, 1.54) is 13.8 Å². The van der Waals surface area contributed by atoms with Crippen LogP contribution in [0.4, 0.5) is 0 Å². The zero-order valence-electron chi connectivity index (χ0n) is 9.28. The summed E-state index contributed by atoms with van der Waals surface area (Å²) >= 11 is 0. The van der Waals surface area contributed by atoms with Crippen LogP contribution in [0.15, 0.2) is 24.3 Å². The van der Waals surface area contributed by atoms with E-state index >= 15 is 0 Å². The first kappa shape index (κ1) is 14.3. The summed E-state index contributed by atoms with van der Waals surface area (Å²) in [6.45, 7) is 9.53. The summed E-state index contributed by atoms with van der Waals surface area (Å²) in [4.78, 5) is 39.0. The maximum absolute atomic E-state index is 10.8. The van der Waals surface area contributed by atoms with Crippen molar-refractivity contribution in [3.63, 3.8) is 0 Å². The highest BCUT2D eigenvalue weighted by molar-refractivity contribution is 5.86. The molecule has 0 saturated carbocycles. The highest BCUT2D eigenvalue weighted by Gasteiger charge is 2.05. The molecule has 0 fully saturated rings. The maximum Gasteiger partial charge on any atom is 0.368 e. The normalized spacial score (nSPS) is 9.38. The van der Waals surface area contributed by atoms with Gasteiger partial charge in [-0.1, -0.05) is 13.2 Å². The average Bonchev–Trinajstić information content (AvgIpc) is 2.21. The van der Waals surface area contributed by atoms with Gasteiger partial charge in [0.25, 0.3) is 0 Å². The Morgan fingerprint density at radius 3 is 1.44 bits per heavy atom. The lowest BCUT2D eigenvalue weighted by atomic mass is 10.4. The zero-order chi connectivity index (χ0) is 12.6. The van der Waals surface area contributed by atoms with Crippen molar-refractivity contribution in [3.05, 3.63) is 24.3 Å². The van der Waals surface area contributed by atoms with E-state index in [4.69, 9.17) is 0 Å². The molecule has 0 spiro atoms. The molecule has 0 aliphatic rings. The van der Waals surface area contributed by atoms with Crippen molar-refractivity contribution in [2.24, 2.45) is 0 Å². The van der Waals surface area contributed by atoms with Crippen molar-refractivity contribution < 1.29 is 29.1 Å². The highest BCUT2D eigenvalue weighted by atomic mass is 17.2. The summed E-state index contributed by atoms with van der Waals surface area (Å²) in [6, 6.07) is 0. The van der Waals surface area contributed by atoms with Gasteiger partial charge in [-0.05, 0) is 13.8 Å². The Kier molecular flexibility index (Phi) is 6.82. The van der Waals surface area contributed by atoms with Crippen LogP contribution in [0.2, 0.25) is 0 Å². The Hall–Kier alpha value is -1.66. The molecule has 6 nitrogen and oxygen atoms in total. The van der Waals surface area contributed by atoms with Crippen molar-refractivity contribution in [1.29, 1.82) is 0 Å². The van der Waals surface area contributed by atoms with Crippen molar-refractivity contribution in [2.75, 3.05) is 13.2 Å². The van der Waals surface area contributed by atoms with E-state index in [0.29, 0.717) is 0 Å². The average molecular weight is 230 g/mol.